The lowest BCUT2D eigenvalue weighted by Gasteiger charge is -2.26. The number of hydrogen-bond donors (Lipinski definition) is 0. The molecular formula is C16H19F3O. The van der Waals surface area contributed by atoms with Crippen LogP contribution in [0.5, 0.6) is 0 Å². The number of hydrogen-bond acceptors (Lipinski definition) is 1. The summed E-state index contributed by atoms with van der Waals surface area (Å²) in [5, 5.41) is 0. The Bertz CT molecular complexity index is 511. The lowest BCUT2D eigenvalue weighted by molar-refractivity contribution is -0.137. The SMILES string of the molecule is CCC1(C(=O)c2ccc(C(F)(F)F)cc2C)CCCC1. The number of carbonyl (C=O) groups is 1. The normalized spacial score (nSPS) is 18.2. The number of aryl methyl sites for hydroxylation is 1. The summed E-state index contributed by atoms with van der Waals surface area (Å²) in [6, 6.07) is 3.43. The molecule has 1 saturated carbocycles. The van der Waals surface area contributed by atoms with Crippen LogP contribution in [0.3, 0.4) is 0 Å². The Morgan fingerprint density at radius 2 is 1.85 bits per heavy atom. The van der Waals surface area contributed by atoms with Gasteiger partial charge in [-0.3, -0.25) is 4.79 Å². The summed E-state index contributed by atoms with van der Waals surface area (Å²) in [5.41, 5.74) is -0.181. The highest BCUT2D eigenvalue weighted by Crippen LogP contribution is 2.44. The monoisotopic (exact) mass is 284 g/mol. The first-order valence-electron chi connectivity index (χ1n) is 7.03. The molecular weight excluding hydrogens is 265 g/mol. The number of ketones is 1. The maximum absolute atomic E-state index is 12.7. The first kappa shape index (κ1) is 15.1. The highest BCUT2D eigenvalue weighted by atomic mass is 19.4. The summed E-state index contributed by atoms with van der Waals surface area (Å²) in [7, 11) is 0. The maximum Gasteiger partial charge on any atom is 0.416 e. The maximum atomic E-state index is 12.7. The van der Waals surface area contributed by atoms with Gasteiger partial charge in [-0.25, -0.2) is 0 Å². The van der Waals surface area contributed by atoms with Crippen LogP contribution in [0.1, 0.15) is 60.5 Å². The van der Waals surface area contributed by atoms with Gasteiger partial charge in [0.2, 0.25) is 0 Å². The van der Waals surface area contributed by atoms with Gasteiger partial charge in [-0.2, -0.15) is 13.2 Å². The van der Waals surface area contributed by atoms with Crippen molar-refractivity contribution in [3.05, 3.63) is 34.9 Å². The minimum Gasteiger partial charge on any atom is -0.294 e. The van der Waals surface area contributed by atoms with Crippen LogP contribution in [0, 0.1) is 12.3 Å². The molecule has 0 atom stereocenters. The van der Waals surface area contributed by atoms with Crippen LogP contribution in [0.25, 0.3) is 0 Å². The van der Waals surface area contributed by atoms with Gasteiger partial charge in [0, 0.05) is 11.0 Å². The Kier molecular flexibility index (Phi) is 3.94. The second-order valence-corrected chi connectivity index (χ2v) is 5.70. The number of benzene rings is 1. The average molecular weight is 284 g/mol. The van der Waals surface area contributed by atoms with E-state index in [9.17, 15) is 18.0 Å². The minimum atomic E-state index is -4.36. The standard InChI is InChI=1S/C16H19F3O/c1-3-15(8-4-5-9-15)14(20)13-7-6-12(10-11(13)2)16(17,18)19/h6-7,10H,3-5,8-9H2,1-2H3. The highest BCUT2D eigenvalue weighted by molar-refractivity contribution is 6.01. The molecule has 0 N–H and O–H groups in total. The zero-order chi connectivity index (χ0) is 15.0. The molecule has 1 aromatic carbocycles. The van der Waals surface area contributed by atoms with Crippen LogP contribution in [-0.2, 0) is 6.18 Å². The third-order valence-corrected chi connectivity index (χ3v) is 4.52. The minimum absolute atomic E-state index is 0.0173. The molecule has 0 aliphatic heterocycles. The predicted molar refractivity (Wildman–Crippen MR) is 71.7 cm³/mol. The van der Waals surface area contributed by atoms with Gasteiger partial charge in [0.15, 0.2) is 5.78 Å². The molecule has 0 bridgehead atoms. The number of Topliss-reactive ketones (excluding diaryl/α,β-unsaturated/α-hetero) is 1. The zero-order valence-corrected chi connectivity index (χ0v) is 11.8. The Hall–Kier alpha value is -1.32. The molecule has 1 nitrogen and oxygen atoms in total. The van der Waals surface area contributed by atoms with Gasteiger partial charge >= 0.3 is 6.18 Å². The molecule has 1 aromatic rings. The molecule has 4 heteroatoms. The number of halogens is 3. The van der Waals surface area contributed by atoms with Crippen molar-refractivity contribution >= 4 is 5.78 Å². The number of rotatable bonds is 3. The first-order valence-corrected chi connectivity index (χ1v) is 7.03. The number of carbonyl (C=O) groups excluding carboxylic acids is 1. The highest BCUT2D eigenvalue weighted by Gasteiger charge is 2.40. The van der Waals surface area contributed by atoms with E-state index in [4.69, 9.17) is 0 Å². The molecule has 1 aliphatic rings. The summed E-state index contributed by atoms with van der Waals surface area (Å²) in [6.45, 7) is 3.57. The zero-order valence-electron chi connectivity index (χ0n) is 11.8. The Morgan fingerprint density at radius 1 is 1.25 bits per heavy atom. The van der Waals surface area contributed by atoms with Crippen LogP contribution in [0.15, 0.2) is 18.2 Å². The van der Waals surface area contributed by atoms with Crippen molar-refractivity contribution < 1.29 is 18.0 Å². The van der Waals surface area contributed by atoms with Crippen LogP contribution in [-0.4, -0.2) is 5.78 Å². The van der Waals surface area contributed by atoms with E-state index in [0.29, 0.717) is 11.1 Å². The Labute approximate surface area is 117 Å². The summed E-state index contributed by atoms with van der Waals surface area (Å²) in [6.07, 6.45) is 0.151. The van der Waals surface area contributed by atoms with Crippen LogP contribution in [0.2, 0.25) is 0 Å². The van der Waals surface area contributed by atoms with Crippen molar-refractivity contribution in [1.82, 2.24) is 0 Å². The van der Waals surface area contributed by atoms with Crippen molar-refractivity contribution in [2.75, 3.05) is 0 Å². The smallest absolute Gasteiger partial charge is 0.294 e. The van der Waals surface area contributed by atoms with E-state index in [0.717, 1.165) is 44.2 Å². The largest absolute Gasteiger partial charge is 0.416 e. The van der Waals surface area contributed by atoms with E-state index in [-0.39, 0.29) is 11.2 Å². The van der Waals surface area contributed by atoms with E-state index >= 15 is 0 Å². The summed E-state index contributed by atoms with van der Waals surface area (Å²) in [4.78, 5) is 12.7. The third-order valence-electron chi connectivity index (χ3n) is 4.52. The first-order chi connectivity index (χ1) is 9.30. The van der Waals surface area contributed by atoms with E-state index in [1.165, 1.54) is 6.07 Å². The molecule has 0 spiro atoms. The van der Waals surface area contributed by atoms with Gasteiger partial charge in [-0.05, 0) is 43.9 Å². The summed E-state index contributed by atoms with van der Waals surface area (Å²) < 4.78 is 38.0. The fraction of sp³-hybridized carbons (Fsp3) is 0.562. The van der Waals surface area contributed by atoms with Gasteiger partial charge in [0.05, 0.1) is 5.56 Å². The molecule has 20 heavy (non-hydrogen) atoms. The van der Waals surface area contributed by atoms with E-state index in [2.05, 4.69) is 0 Å². The van der Waals surface area contributed by atoms with Crippen LogP contribution >= 0.6 is 0 Å². The van der Waals surface area contributed by atoms with Crippen molar-refractivity contribution in [2.45, 2.75) is 52.1 Å². The van der Waals surface area contributed by atoms with Gasteiger partial charge in [0.1, 0.15) is 0 Å². The third kappa shape index (κ3) is 2.60. The summed E-state index contributed by atoms with van der Waals surface area (Å²) >= 11 is 0. The van der Waals surface area contributed by atoms with Crippen LogP contribution in [0.4, 0.5) is 13.2 Å². The van der Waals surface area contributed by atoms with Crippen molar-refractivity contribution in [3.63, 3.8) is 0 Å². The lowest BCUT2D eigenvalue weighted by atomic mass is 9.75. The van der Waals surface area contributed by atoms with Crippen LogP contribution < -0.4 is 0 Å². The summed E-state index contributed by atoms with van der Waals surface area (Å²) in [5.74, 6) is 0.0173. The molecule has 0 saturated heterocycles. The van der Waals surface area contributed by atoms with E-state index in [1.54, 1.807) is 6.92 Å². The molecule has 0 aromatic heterocycles. The van der Waals surface area contributed by atoms with Gasteiger partial charge < -0.3 is 0 Å². The molecule has 1 fully saturated rings. The second-order valence-electron chi connectivity index (χ2n) is 5.70. The Morgan fingerprint density at radius 3 is 2.30 bits per heavy atom. The lowest BCUT2D eigenvalue weighted by Crippen LogP contribution is -2.28. The van der Waals surface area contributed by atoms with Crippen molar-refractivity contribution in [1.29, 1.82) is 0 Å². The second kappa shape index (κ2) is 5.23. The predicted octanol–water partition coefficient (Wildman–Crippen LogP) is 5.17. The van der Waals surface area contributed by atoms with E-state index < -0.39 is 11.7 Å². The average Bonchev–Trinajstić information content (AvgIpc) is 2.86. The molecule has 1 aliphatic carbocycles. The van der Waals surface area contributed by atoms with Crippen molar-refractivity contribution in [2.24, 2.45) is 5.41 Å². The van der Waals surface area contributed by atoms with Crippen molar-refractivity contribution in [3.8, 4) is 0 Å². The van der Waals surface area contributed by atoms with E-state index in [1.807, 2.05) is 6.92 Å². The fourth-order valence-electron chi connectivity index (χ4n) is 3.17. The number of alkyl halides is 3. The molecule has 2 rings (SSSR count). The topological polar surface area (TPSA) is 17.1 Å². The molecule has 110 valence electrons. The Balaban J connectivity index is 2.36. The van der Waals surface area contributed by atoms with Gasteiger partial charge in [-0.1, -0.05) is 25.8 Å². The van der Waals surface area contributed by atoms with Gasteiger partial charge in [0.25, 0.3) is 0 Å². The van der Waals surface area contributed by atoms with Gasteiger partial charge in [-0.15, -0.1) is 0 Å². The molecule has 0 unspecified atom stereocenters. The molecule has 0 heterocycles. The molecule has 0 radical (unpaired) electrons. The molecule has 0 amide bonds. The fourth-order valence-corrected chi connectivity index (χ4v) is 3.17. The quantitative estimate of drug-likeness (QED) is 0.700.